The van der Waals surface area contributed by atoms with Gasteiger partial charge >= 0.3 is 0 Å². The molecule has 4 rings (SSSR count). The number of benzene rings is 1. The van der Waals surface area contributed by atoms with Crippen LogP contribution in [-0.4, -0.2) is 11.7 Å². The zero-order chi connectivity index (χ0) is 21.6. The van der Waals surface area contributed by atoms with Gasteiger partial charge in [0, 0.05) is 6.61 Å². The van der Waals surface area contributed by atoms with Gasteiger partial charge in [0.2, 0.25) is 0 Å². The molecule has 1 N–H and O–H groups in total. The van der Waals surface area contributed by atoms with Gasteiger partial charge in [-0.2, -0.15) is 0 Å². The van der Waals surface area contributed by atoms with Crippen molar-refractivity contribution >= 4 is 0 Å². The van der Waals surface area contributed by atoms with Gasteiger partial charge in [0.1, 0.15) is 0 Å². The largest absolute Gasteiger partial charge is 0.396 e. The molecule has 30 heavy (non-hydrogen) atoms. The Kier molecular flexibility index (Phi) is 6.42. The first kappa shape index (κ1) is 22.4. The van der Waals surface area contributed by atoms with Crippen LogP contribution in [0.2, 0.25) is 0 Å². The van der Waals surface area contributed by atoms with Gasteiger partial charge < -0.3 is 5.11 Å². The van der Waals surface area contributed by atoms with E-state index < -0.39 is 0 Å². The lowest BCUT2D eigenvalue weighted by atomic mass is 9.52. The van der Waals surface area contributed by atoms with Crippen molar-refractivity contribution in [3.63, 3.8) is 0 Å². The standard InChI is InChI=1S/C29H46O/c1-18(2)21(5)22(17-30)16-20(4)27-12-13-28-26-11-10-23-19(3)8-7-9-24(23)25(26)14-15-29(27,28)6/h7-9,18,20-22,25-28,30H,10-17H2,1-6H3/t20-,21+,22-,25-,26-,27-,28+,29-/m1/s1. The summed E-state index contributed by atoms with van der Waals surface area (Å²) in [6, 6.07) is 7.07. The van der Waals surface area contributed by atoms with Crippen LogP contribution in [0.4, 0.5) is 0 Å². The number of aryl methyl sites for hydroxylation is 1. The molecule has 1 heteroatoms. The monoisotopic (exact) mass is 410 g/mol. The van der Waals surface area contributed by atoms with Gasteiger partial charge in [-0.3, -0.25) is 0 Å². The molecule has 0 bridgehead atoms. The predicted octanol–water partition coefficient (Wildman–Crippen LogP) is 7.39. The van der Waals surface area contributed by atoms with Crippen LogP contribution >= 0.6 is 0 Å². The van der Waals surface area contributed by atoms with Crippen LogP contribution in [0.15, 0.2) is 18.2 Å². The fraction of sp³-hybridized carbons (Fsp3) is 0.793. The Labute approximate surface area is 186 Å². The van der Waals surface area contributed by atoms with E-state index >= 15 is 0 Å². The Morgan fingerprint density at radius 2 is 1.83 bits per heavy atom. The maximum atomic E-state index is 10.1. The topological polar surface area (TPSA) is 20.2 Å². The second kappa shape index (κ2) is 8.61. The molecule has 0 unspecified atom stereocenters. The van der Waals surface area contributed by atoms with Gasteiger partial charge in [0.25, 0.3) is 0 Å². The van der Waals surface area contributed by atoms with Crippen molar-refractivity contribution in [1.82, 2.24) is 0 Å². The lowest BCUT2D eigenvalue weighted by Gasteiger charge is -2.52. The van der Waals surface area contributed by atoms with Crippen molar-refractivity contribution in [2.75, 3.05) is 6.61 Å². The fourth-order valence-electron chi connectivity index (χ4n) is 8.42. The Hall–Kier alpha value is -0.820. The van der Waals surface area contributed by atoms with E-state index in [-0.39, 0.29) is 0 Å². The highest BCUT2D eigenvalue weighted by Gasteiger charge is 2.55. The molecular weight excluding hydrogens is 364 g/mol. The molecule has 1 aromatic carbocycles. The number of hydrogen-bond donors (Lipinski definition) is 1. The van der Waals surface area contributed by atoms with Gasteiger partial charge in [-0.25, -0.2) is 0 Å². The average molecular weight is 411 g/mol. The molecule has 1 aromatic rings. The third-order valence-electron chi connectivity index (χ3n) is 10.5. The summed E-state index contributed by atoms with van der Waals surface area (Å²) in [5.74, 6) is 5.92. The van der Waals surface area contributed by atoms with Gasteiger partial charge in [0.05, 0.1) is 0 Å². The quantitative estimate of drug-likeness (QED) is 0.518. The molecule has 0 radical (unpaired) electrons. The van der Waals surface area contributed by atoms with E-state index in [0.29, 0.717) is 29.8 Å². The minimum atomic E-state index is 0.359. The highest BCUT2D eigenvalue weighted by atomic mass is 16.3. The number of hydrogen-bond acceptors (Lipinski definition) is 1. The molecule has 2 saturated carbocycles. The first-order valence-corrected chi connectivity index (χ1v) is 13.0. The highest BCUT2D eigenvalue weighted by molar-refractivity contribution is 5.40. The summed E-state index contributed by atoms with van der Waals surface area (Å²) in [4.78, 5) is 0. The van der Waals surface area contributed by atoms with Crippen molar-refractivity contribution in [2.45, 2.75) is 92.4 Å². The fourth-order valence-corrected chi connectivity index (χ4v) is 8.42. The molecule has 8 atom stereocenters. The molecule has 3 aliphatic rings. The smallest absolute Gasteiger partial charge is 0.0462 e. The number of aliphatic hydroxyl groups excluding tert-OH is 1. The van der Waals surface area contributed by atoms with Crippen molar-refractivity contribution in [3.05, 3.63) is 34.9 Å². The summed E-state index contributed by atoms with van der Waals surface area (Å²) in [6.45, 7) is 14.8. The first-order valence-electron chi connectivity index (χ1n) is 13.0. The Balaban J connectivity index is 1.51. The maximum Gasteiger partial charge on any atom is 0.0462 e. The van der Waals surface area contributed by atoms with Crippen LogP contribution in [0.25, 0.3) is 0 Å². The van der Waals surface area contributed by atoms with Gasteiger partial charge in [-0.1, -0.05) is 52.8 Å². The van der Waals surface area contributed by atoms with Crippen LogP contribution < -0.4 is 0 Å². The SMILES string of the molecule is Cc1cccc2c1CC[C@@H]1[C@@H]2CC[C@]2(C)[C@@H]([C@H](C)C[C@H](CO)[C@@H](C)C(C)C)CC[C@@H]12. The van der Waals surface area contributed by atoms with Crippen LogP contribution in [-0.2, 0) is 6.42 Å². The lowest BCUT2D eigenvalue weighted by molar-refractivity contribution is 0.00249. The van der Waals surface area contributed by atoms with Gasteiger partial charge in [-0.05, 0) is 121 Å². The number of aliphatic hydroxyl groups is 1. The third kappa shape index (κ3) is 3.68. The Morgan fingerprint density at radius 1 is 1.07 bits per heavy atom. The summed E-state index contributed by atoms with van der Waals surface area (Å²) in [5.41, 5.74) is 5.42. The summed E-state index contributed by atoms with van der Waals surface area (Å²) in [6.07, 6.45) is 9.58. The molecule has 0 aromatic heterocycles. The summed E-state index contributed by atoms with van der Waals surface area (Å²) < 4.78 is 0. The van der Waals surface area contributed by atoms with E-state index in [9.17, 15) is 5.11 Å². The number of fused-ring (bicyclic) bond motifs is 5. The molecule has 0 aliphatic heterocycles. The van der Waals surface area contributed by atoms with E-state index in [2.05, 4.69) is 59.7 Å². The van der Waals surface area contributed by atoms with Crippen molar-refractivity contribution in [3.8, 4) is 0 Å². The molecule has 0 saturated heterocycles. The van der Waals surface area contributed by atoms with Gasteiger partial charge in [0.15, 0.2) is 0 Å². The molecule has 0 spiro atoms. The molecule has 0 amide bonds. The molecule has 1 nitrogen and oxygen atoms in total. The van der Waals surface area contributed by atoms with E-state index in [1.807, 2.05) is 0 Å². The summed E-state index contributed by atoms with van der Waals surface area (Å²) in [5, 5.41) is 10.1. The second-order valence-electron chi connectivity index (χ2n) is 12.0. The zero-order valence-corrected chi connectivity index (χ0v) is 20.5. The van der Waals surface area contributed by atoms with Crippen molar-refractivity contribution < 1.29 is 5.11 Å². The molecular formula is C29H46O. The normalized spacial score (nSPS) is 36.0. The molecule has 168 valence electrons. The van der Waals surface area contributed by atoms with Crippen LogP contribution in [0.3, 0.4) is 0 Å². The Bertz CT molecular complexity index is 736. The predicted molar refractivity (Wildman–Crippen MR) is 128 cm³/mol. The molecule has 0 heterocycles. The van der Waals surface area contributed by atoms with Gasteiger partial charge in [-0.15, -0.1) is 0 Å². The van der Waals surface area contributed by atoms with E-state index in [1.54, 1.807) is 11.1 Å². The van der Waals surface area contributed by atoms with Crippen LogP contribution in [0, 0.1) is 53.8 Å². The highest BCUT2D eigenvalue weighted by Crippen LogP contribution is 2.64. The zero-order valence-electron chi connectivity index (χ0n) is 20.5. The summed E-state index contributed by atoms with van der Waals surface area (Å²) >= 11 is 0. The first-order chi connectivity index (χ1) is 14.3. The van der Waals surface area contributed by atoms with Crippen LogP contribution in [0.5, 0.6) is 0 Å². The average Bonchev–Trinajstić information content (AvgIpc) is 3.08. The second-order valence-corrected chi connectivity index (χ2v) is 12.0. The van der Waals surface area contributed by atoms with E-state index in [0.717, 1.165) is 29.6 Å². The lowest BCUT2D eigenvalue weighted by Crippen LogP contribution is -2.44. The Morgan fingerprint density at radius 3 is 2.53 bits per heavy atom. The minimum Gasteiger partial charge on any atom is -0.396 e. The van der Waals surface area contributed by atoms with Crippen molar-refractivity contribution in [2.24, 2.45) is 46.8 Å². The van der Waals surface area contributed by atoms with Crippen LogP contribution in [0.1, 0.15) is 95.8 Å². The molecule has 3 aliphatic carbocycles. The minimum absolute atomic E-state index is 0.359. The third-order valence-corrected chi connectivity index (χ3v) is 10.5. The van der Waals surface area contributed by atoms with Crippen molar-refractivity contribution in [1.29, 1.82) is 0 Å². The molecule has 2 fully saturated rings. The summed E-state index contributed by atoms with van der Waals surface area (Å²) in [7, 11) is 0. The maximum absolute atomic E-state index is 10.1. The van der Waals surface area contributed by atoms with E-state index in [4.69, 9.17) is 0 Å². The number of rotatable bonds is 6. The van der Waals surface area contributed by atoms with E-state index in [1.165, 1.54) is 50.5 Å².